The van der Waals surface area contributed by atoms with Crippen LogP contribution in [0.25, 0.3) is 16.9 Å². The number of hydrogen-bond donors (Lipinski definition) is 1. The van der Waals surface area contributed by atoms with Crippen LogP contribution >= 0.6 is 11.3 Å². The van der Waals surface area contributed by atoms with Crippen LogP contribution in [-0.2, 0) is 0 Å². The van der Waals surface area contributed by atoms with Crippen molar-refractivity contribution in [2.45, 2.75) is 13.0 Å². The molecule has 0 fully saturated rings. The van der Waals surface area contributed by atoms with E-state index in [-0.39, 0.29) is 11.7 Å². The first-order chi connectivity index (χ1) is 13.5. The summed E-state index contributed by atoms with van der Waals surface area (Å²) < 4.78 is 20.6. The maximum Gasteiger partial charge on any atom is 0.262 e. The Labute approximate surface area is 163 Å². The van der Waals surface area contributed by atoms with Gasteiger partial charge in [0, 0.05) is 11.6 Å². The molecule has 0 bridgehead atoms. The molecule has 1 atom stereocenters. The second-order valence-electron chi connectivity index (χ2n) is 6.04. The first kappa shape index (κ1) is 18.1. The highest BCUT2D eigenvalue weighted by atomic mass is 32.1. The fraction of sp³-hybridized carbons (Fsp3) is 0.158. The van der Waals surface area contributed by atoms with E-state index in [2.05, 4.69) is 20.4 Å². The van der Waals surface area contributed by atoms with Crippen LogP contribution in [0.15, 0.2) is 48.8 Å². The van der Waals surface area contributed by atoms with Crippen molar-refractivity contribution in [2.24, 2.45) is 0 Å². The summed E-state index contributed by atoms with van der Waals surface area (Å²) in [6.45, 7) is 1.79. The Bertz CT molecular complexity index is 1160. The third-order valence-corrected chi connectivity index (χ3v) is 5.18. The highest BCUT2D eigenvalue weighted by molar-refractivity contribution is 7.15. The predicted octanol–water partition coefficient (Wildman–Crippen LogP) is 3.49. The zero-order valence-electron chi connectivity index (χ0n) is 15.1. The lowest BCUT2D eigenvalue weighted by molar-refractivity contribution is 0.0942. The number of carbonyl (C=O) groups is 1. The van der Waals surface area contributed by atoms with E-state index in [1.807, 2.05) is 0 Å². The van der Waals surface area contributed by atoms with Crippen molar-refractivity contribution in [3.8, 4) is 16.3 Å². The monoisotopic (exact) mass is 397 g/mol. The van der Waals surface area contributed by atoms with Gasteiger partial charge < -0.3 is 10.1 Å². The van der Waals surface area contributed by atoms with Crippen molar-refractivity contribution in [1.82, 2.24) is 24.9 Å². The summed E-state index contributed by atoms with van der Waals surface area (Å²) in [5.74, 6) is -0.153. The van der Waals surface area contributed by atoms with Crippen LogP contribution in [0.5, 0.6) is 5.06 Å². The third kappa shape index (κ3) is 3.44. The van der Waals surface area contributed by atoms with Crippen LogP contribution in [0, 0.1) is 5.82 Å². The van der Waals surface area contributed by atoms with Crippen LogP contribution in [0.2, 0.25) is 0 Å². The smallest absolute Gasteiger partial charge is 0.262 e. The molecule has 4 aromatic rings. The molecule has 3 aromatic heterocycles. The van der Waals surface area contributed by atoms with Gasteiger partial charge in [-0.05, 0) is 31.2 Å². The van der Waals surface area contributed by atoms with E-state index in [1.54, 1.807) is 50.4 Å². The molecule has 3 heterocycles. The van der Waals surface area contributed by atoms with Gasteiger partial charge in [0.05, 0.1) is 23.7 Å². The van der Waals surface area contributed by atoms with E-state index in [4.69, 9.17) is 4.74 Å². The van der Waals surface area contributed by atoms with Crippen molar-refractivity contribution < 1.29 is 13.9 Å². The van der Waals surface area contributed by atoms with Gasteiger partial charge in [-0.15, -0.1) is 5.10 Å². The number of halogens is 1. The Balaban J connectivity index is 1.57. The molecule has 0 aliphatic carbocycles. The first-order valence-corrected chi connectivity index (χ1v) is 9.28. The Morgan fingerprint density at radius 2 is 2.11 bits per heavy atom. The number of benzene rings is 1. The van der Waals surface area contributed by atoms with Crippen LogP contribution in [0.1, 0.15) is 28.5 Å². The molecular weight excluding hydrogens is 381 g/mol. The van der Waals surface area contributed by atoms with Crippen LogP contribution in [-0.4, -0.2) is 32.6 Å². The highest BCUT2D eigenvalue weighted by Gasteiger charge is 2.18. The van der Waals surface area contributed by atoms with Gasteiger partial charge in [-0.3, -0.25) is 4.79 Å². The number of fused-ring (bicyclic) bond motifs is 1. The number of amides is 1. The summed E-state index contributed by atoms with van der Waals surface area (Å²) in [5, 5.41) is 7.88. The second kappa shape index (κ2) is 7.35. The quantitative estimate of drug-likeness (QED) is 0.558. The molecule has 0 aliphatic rings. The Morgan fingerprint density at radius 3 is 2.86 bits per heavy atom. The summed E-state index contributed by atoms with van der Waals surface area (Å²) in [7, 11) is 1.56. The minimum Gasteiger partial charge on any atom is -0.487 e. The first-order valence-electron chi connectivity index (χ1n) is 8.47. The van der Waals surface area contributed by atoms with E-state index >= 15 is 0 Å². The maximum absolute atomic E-state index is 14.0. The summed E-state index contributed by atoms with van der Waals surface area (Å²) in [6.07, 6.45) is 1.48. The lowest BCUT2D eigenvalue weighted by atomic mass is 10.1. The van der Waals surface area contributed by atoms with E-state index in [9.17, 15) is 9.18 Å². The van der Waals surface area contributed by atoms with E-state index in [0.29, 0.717) is 32.7 Å². The third-order valence-electron chi connectivity index (χ3n) is 4.14. The molecule has 9 heteroatoms. The molecular formula is C19H16FN5O2S. The zero-order valence-corrected chi connectivity index (χ0v) is 15.9. The van der Waals surface area contributed by atoms with Gasteiger partial charge in [0.25, 0.3) is 5.91 Å². The van der Waals surface area contributed by atoms with Crippen molar-refractivity contribution in [2.75, 3.05) is 7.11 Å². The molecule has 1 aromatic carbocycles. The van der Waals surface area contributed by atoms with Crippen LogP contribution in [0.3, 0.4) is 0 Å². The van der Waals surface area contributed by atoms with Gasteiger partial charge in [-0.1, -0.05) is 23.5 Å². The van der Waals surface area contributed by atoms with Gasteiger partial charge in [0.1, 0.15) is 12.1 Å². The summed E-state index contributed by atoms with van der Waals surface area (Å²) in [6, 6.07) is 11.1. The number of methoxy groups -OCH3 is 1. The van der Waals surface area contributed by atoms with Gasteiger partial charge in [0.15, 0.2) is 16.5 Å². The van der Waals surface area contributed by atoms with Gasteiger partial charge in [-0.2, -0.15) is 0 Å². The van der Waals surface area contributed by atoms with Gasteiger partial charge >= 0.3 is 0 Å². The van der Waals surface area contributed by atoms with E-state index in [0.717, 1.165) is 0 Å². The average molecular weight is 397 g/mol. The van der Waals surface area contributed by atoms with Gasteiger partial charge in [0.2, 0.25) is 0 Å². The average Bonchev–Trinajstić information content (AvgIpc) is 3.34. The number of carbonyl (C=O) groups excluding carboxylic acids is 1. The molecule has 0 aliphatic heterocycles. The molecule has 4 rings (SSSR count). The molecule has 1 N–H and O–H groups in total. The number of aromatic nitrogens is 4. The number of hydrogen-bond acceptors (Lipinski definition) is 6. The predicted molar refractivity (Wildman–Crippen MR) is 103 cm³/mol. The SMILES string of the molecule is COc1ccc(C(=O)N[C@@H](C)c2nc3cc(-c4ccccc4F)ncn3n2)s1. The van der Waals surface area contributed by atoms with E-state index < -0.39 is 6.04 Å². The van der Waals surface area contributed by atoms with Crippen molar-refractivity contribution in [1.29, 1.82) is 0 Å². The lowest BCUT2D eigenvalue weighted by Crippen LogP contribution is -2.26. The van der Waals surface area contributed by atoms with Crippen molar-refractivity contribution >= 4 is 22.9 Å². The lowest BCUT2D eigenvalue weighted by Gasteiger charge is -2.08. The minimum absolute atomic E-state index is 0.232. The fourth-order valence-corrected chi connectivity index (χ4v) is 3.42. The van der Waals surface area contributed by atoms with Crippen LogP contribution in [0.4, 0.5) is 4.39 Å². The zero-order chi connectivity index (χ0) is 19.7. The van der Waals surface area contributed by atoms with Crippen molar-refractivity contribution in [3.63, 3.8) is 0 Å². The molecule has 0 saturated heterocycles. The second-order valence-corrected chi connectivity index (χ2v) is 7.09. The highest BCUT2D eigenvalue weighted by Crippen LogP contribution is 2.25. The van der Waals surface area contributed by atoms with Gasteiger partial charge in [-0.25, -0.2) is 18.9 Å². The number of nitrogens with zero attached hydrogens (tertiary/aromatic N) is 4. The molecule has 142 valence electrons. The Morgan fingerprint density at radius 1 is 1.29 bits per heavy atom. The number of nitrogens with one attached hydrogen (secondary N) is 1. The molecule has 0 unspecified atom stereocenters. The van der Waals surface area contributed by atoms with Crippen molar-refractivity contribution in [3.05, 3.63) is 65.3 Å². The molecule has 1 amide bonds. The fourth-order valence-electron chi connectivity index (χ4n) is 2.70. The number of thiophene rings is 1. The standard InChI is InChI=1S/C19H16FN5O2S/c1-11(22-19(26)15-7-8-17(27-2)28-15)18-23-16-9-14(21-10-25(16)24-18)12-5-3-4-6-13(12)20/h3-11H,1-2H3,(H,22,26)/t11-/m0/s1. The molecule has 28 heavy (non-hydrogen) atoms. The molecule has 0 saturated carbocycles. The van der Waals surface area contributed by atoms with E-state index in [1.165, 1.54) is 28.2 Å². The topological polar surface area (TPSA) is 81.4 Å². The minimum atomic E-state index is -0.419. The molecule has 0 radical (unpaired) electrons. The molecule has 7 nitrogen and oxygen atoms in total. The number of ether oxygens (including phenoxy) is 1. The number of rotatable bonds is 5. The summed E-state index contributed by atoms with van der Waals surface area (Å²) in [5.41, 5.74) is 1.37. The largest absolute Gasteiger partial charge is 0.487 e. The normalized spacial score (nSPS) is 12.1. The maximum atomic E-state index is 14.0. The molecule has 0 spiro atoms. The summed E-state index contributed by atoms with van der Waals surface area (Å²) in [4.78, 5) is 21.6. The Hall–Kier alpha value is -3.33. The summed E-state index contributed by atoms with van der Waals surface area (Å²) >= 11 is 1.26. The Kier molecular flexibility index (Phi) is 4.74. The van der Waals surface area contributed by atoms with Crippen LogP contribution < -0.4 is 10.1 Å².